The van der Waals surface area contributed by atoms with Crippen LogP contribution in [0.1, 0.15) is 31.4 Å². The molecule has 1 fully saturated rings. The lowest BCUT2D eigenvalue weighted by molar-refractivity contribution is 0.419. The second-order valence-electron chi connectivity index (χ2n) is 5.29. The maximum Gasteiger partial charge on any atom is 0.0329 e. The Morgan fingerprint density at radius 2 is 1.76 bits per heavy atom. The van der Waals surface area contributed by atoms with E-state index in [4.69, 9.17) is 5.73 Å². The van der Waals surface area contributed by atoms with Gasteiger partial charge in [0.2, 0.25) is 0 Å². The molecular formula is C16H19N. The number of nitrogens with two attached hydrogens (primary N) is 1. The second-order valence-corrected chi connectivity index (χ2v) is 5.29. The summed E-state index contributed by atoms with van der Waals surface area (Å²) in [4.78, 5) is 0. The van der Waals surface area contributed by atoms with E-state index in [2.05, 4.69) is 49.4 Å². The Balaban J connectivity index is 2.03. The summed E-state index contributed by atoms with van der Waals surface area (Å²) in [7, 11) is 0. The lowest BCUT2D eigenvalue weighted by Gasteiger charge is -2.21. The van der Waals surface area contributed by atoms with Crippen molar-refractivity contribution in [2.45, 2.75) is 25.8 Å². The van der Waals surface area contributed by atoms with Crippen LogP contribution < -0.4 is 5.73 Å². The first-order chi connectivity index (χ1) is 8.27. The van der Waals surface area contributed by atoms with Gasteiger partial charge in [-0.05, 0) is 41.0 Å². The molecule has 1 saturated carbocycles. The molecule has 2 N–H and O–H groups in total. The maximum atomic E-state index is 6.45. The van der Waals surface area contributed by atoms with E-state index >= 15 is 0 Å². The van der Waals surface area contributed by atoms with Crippen LogP contribution in [0.15, 0.2) is 42.5 Å². The van der Waals surface area contributed by atoms with Gasteiger partial charge in [0.1, 0.15) is 0 Å². The van der Waals surface area contributed by atoms with Crippen molar-refractivity contribution in [2.75, 3.05) is 0 Å². The molecule has 2 aromatic carbocycles. The predicted molar refractivity (Wildman–Crippen MR) is 72.8 cm³/mol. The first-order valence-corrected chi connectivity index (χ1v) is 6.50. The van der Waals surface area contributed by atoms with E-state index in [1.54, 1.807) is 0 Å². The molecular weight excluding hydrogens is 206 g/mol. The monoisotopic (exact) mass is 225 g/mol. The largest absolute Gasteiger partial charge is 0.324 e. The Morgan fingerprint density at radius 3 is 2.53 bits per heavy atom. The van der Waals surface area contributed by atoms with Crippen LogP contribution in [0, 0.1) is 11.8 Å². The van der Waals surface area contributed by atoms with Crippen molar-refractivity contribution in [3.8, 4) is 0 Å². The zero-order chi connectivity index (χ0) is 11.8. The molecule has 2 unspecified atom stereocenters. The van der Waals surface area contributed by atoms with Crippen LogP contribution in [-0.4, -0.2) is 0 Å². The summed E-state index contributed by atoms with van der Waals surface area (Å²) in [6.07, 6.45) is 2.72. The lowest BCUT2D eigenvalue weighted by Crippen LogP contribution is -2.20. The third-order valence-electron chi connectivity index (χ3n) is 4.11. The molecule has 0 aromatic heterocycles. The average molecular weight is 225 g/mol. The summed E-state index contributed by atoms with van der Waals surface area (Å²) >= 11 is 0. The molecule has 3 rings (SSSR count). The maximum absolute atomic E-state index is 6.45. The number of benzene rings is 2. The third-order valence-corrected chi connectivity index (χ3v) is 4.11. The van der Waals surface area contributed by atoms with E-state index in [0.717, 1.165) is 5.92 Å². The average Bonchev–Trinajstić information content (AvgIpc) is 3.20. The zero-order valence-corrected chi connectivity index (χ0v) is 10.3. The van der Waals surface area contributed by atoms with Crippen LogP contribution in [0.25, 0.3) is 10.8 Å². The van der Waals surface area contributed by atoms with Gasteiger partial charge in [0.25, 0.3) is 0 Å². The molecule has 1 aliphatic carbocycles. The van der Waals surface area contributed by atoms with Gasteiger partial charge in [-0.3, -0.25) is 0 Å². The fourth-order valence-corrected chi connectivity index (χ4v) is 2.74. The minimum absolute atomic E-state index is 0.175. The van der Waals surface area contributed by atoms with Crippen molar-refractivity contribution in [3.05, 3.63) is 48.0 Å². The van der Waals surface area contributed by atoms with E-state index in [0.29, 0.717) is 5.92 Å². The van der Waals surface area contributed by atoms with Crippen LogP contribution in [-0.2, 0) is 0 Å². The summed E-state index contributed by atoms with van der Waals surface area (Å²) in [5.74, 6) is 1.45. The van der Waals surface area contributed by atoms with Gasteiger partial charge in [-0.25, -0.2) is 0 Å². The van der Waals surface area contributed by atoms with Crippen molar-refractivity contribution < 1.29 is 0 Å². The normalized spacial score (nSPS) is 19.2. The minimum Gasteiger partial charge on any atom is -0.324 e. The van der Waals surface area contributed by atoms with Crippen molar-refractivity contribution in [3.63, 3.8) is 0 Å². The van der Waals surface area contributed by atoms with Gasteiger partial charge in [0.15, 0.2) is 0 Å². The summed E-state index contributed by atoms with van der Waals surface area (Å²) in [6, 6.07) is 15.2. The first kappa shape index (κ1) is 10.8. The van der Waals surface area contributed by atoms with Gasteiger partial charge in [-0.1, -0.05) is 49.4 Å². The smallest absolute Gasteiger partial charge is 0.0329 e. The molecule has 0 spiro atoms. The Labute approximate surface area is 103 Å². The Bertz CT molecular complexity index is 523. The summed E-state index contributed by atoms with van der Waals surface area (Å²) in [6.45, 7) is 2.30. The van der Waals surface area contributed by atoms with Gasteiger partial charge in [-0.2, -0.15) is 0 Å². The number of rotatable bonds is 3. The Kier molecular flexibility index (Phi) is 2.64. The quantitative estimate of drug-likeness (QED) is 0.842. The lowest BCUT2D eigenvalue weighted by atomic mass is 9.88. The van der Waals surface area contributed by atoms with Gasteiger partial charge in [0.05, 0.1) is 0 Å². The van der Waals surface area contributed by atoms with E-state index < -0.39 is 0 Å². The fourth-order valence-electron chi connectivity index (χ4n) is 2.74. The van der Waals surface area contributed by atoms with Crippen molar-refractivity contribution in [2.24, 2.45) is 17.6 Å². The van der Waals surface area contributed by atoms with Crippen LogP contribution >= 0.6 is 0 Å². The molecule has 0 radical (unpaired) electrons. The summed E-state index contributed by atoms with van der Waals surface area (Å²) in [5.41, 5.74) is 7.75. The molecule has 0 saturated heterocycles. The predicted octanol–water partition coefficient (Wildman–Crippen LogP) is 3.89. The third kappa shape index (κ3) is 1.96. The van der Waals surface area contributed by atoms with Gasteiger partial charge in [-0.15, -0.1) is 0 Å². The zero-order valence-electron chi connectivity index (χ0n) is 10.3. The molecule has 1 heteroatoms. The van der Waals surface area contributed by atoms with Crippen LogP contribution in [0.2, 0.25) is 0 Å². The highest BCUT2D eigenvalue weighted by molar-refractivity contribution is 5.86. The summed E-state index contributed by atoms with van der Waals surface area (Å²) in [5, 5.41) is 2.61. The highest BCUT2D eigenvalue weighted by atomic mass is 14.7. The fraction of sp³-hybridized carbons (Fsp3) is 0.375. The molecule has 2 aromatic rings. The van der Waals surface area contributed by atoms with Crippen LogP contribution in [0.3, 0.4) is 0 Å². The molecule has 0 heterocycles. The first-order valence-electron chi connectivity index (χ1n) is 6.50. The van der Waals surface area contributed by atoms with Crippen molar-refractivity contribution in [1.29, 1.82) is 0 Å². The Hall–Kier alpha value is -1.34. The van der Waals surface area contributed by atoms with E-state index in [1.165, 1.54) is 29.2 Å². The molecule has 0 aliphatic heterocycles. The molecule has 1 aliphatic rings. The number of fused-ring (bicyclic) bond motifs is 1. The standard InChI is InChI=1S/C16H19N/c1-11(12-9-10-12)16(17)15-8-4-6-13-5-2-3-7-14(13)15/h2-8,11-12,16H,9-10,17H2,1H3. The van der Waals surface area contributed by atoms with Crippen LogP contribution in [0.4, 0.5) is 0 Å². The molecule has 0 bridgehead atoms. The molecule has 1 nitrogen and oxygen atoms in total. The topological polar surface area (TPSA) is 26.0 Å². The highest BCUT2D eigenvalue weighted by Crippen LogP contribution is 2.42. The van der Waals surface area contributed by atoms with Gasteiger partial charge >= 0.3 is 0 Å². The van der Waals surface area contributed by atoms with Crippen molar-refractivity contribution in [1.82, 2.24) is 0 Å². The minimum atomic E-state index is 0.175. The molecule has 17 heavy (non-hydrogen) atoms. The SMILES string of the molecule is CC(C1CC1)C(N)c1cccc2ccccc12. The van der Waals surface area contributed by atoms with Gasteiger partial charge in [0, 0.05) is 6.04 Å². The Morgan fingerprint density at radius 1 is 1.06 bits per heavy atom. The summed E-state index contributed by atoms with van der Waals surface area (Å²) < 4.78 is 0. The van der Waals surface area contributed by atoms with E-state index in [1.807, 2.05) is 0 Å². The van der Waals surface area contributed by atoms with Crippen molar-refractivity contribution >= 4 is 10.8 Å². The van der Waals surface area contributed by atoms with Gasteiger partial charge < -0.3 is 5.73 Å². The van der Waals surface area contributed by atoms with Crippen LogP contribution in [0.5, 0.6) is 0 Å². The molecule has 2 atom stereocenters. The molecule has 0 amide bonds. The number of hydrogen-bond acceptors (Lipinski definition) is 1. The van der Waals surface area contributed by atoms with E-state index in [-0.39, 0.29) is 6.04 Å². The number of hydrogen-bond donors (Lipinski definition) is 1. The second kappa shape index (κ2) is 4.15. The molecule has 88 valence electrons. The highest BCUT2D eigenvalue weighted by Gasteiger charge is 2.32. The van der Waals surface area contributed by atoms with E-state index in [9.17, 15) is 0 Å².